The van der Waals surface area contributed by atoms with Crippen LogP contribution < -0.4 is 9.47 Å². The van der Waals surface area contributed by atoms with Gasteiger partial charge in [-0.1, -0.05) is 60.7 Å². The molecule has 0 aliphatic rings. The maximum atomic E-state index is 12.6. The van der Waals surface area contributed by atoms with Crippen molar-refractivity contribution in [2.75, 3.05) is 14.2 Å². The first-order valence-corrected chi connectivity index (χ1v) is 8.90. The summed E-state index contributed by atoms with van der Waals surface area (Å²) in [6.07, 6.45) is 1.13. The molecule has 5 heteroatoms. The van der Waals surface area contributed by atoms with Crippen molar-refractivity contribution < 1.29 is 24.2 Å². The molecule has 0 fully saturated rings. The number of carboxylic acid groups (broad SMARTS) is 1. The van der Waals surface area contributed by atoms with Crippen molar-refractivity contribution in [3.05, 3.63) is 101 Å². The van der Waals surface area contributed by atoms with E-state index in [1.54, 1.807) is 54.6 Å². The fourth-order valence-corrected chi connectivity index (χ4v) is 3.02. The molecule has 1 N–H and O–H groups in total. The van der Waals surface area contributed by atoms with Crippen LogP contribution in [-0.2, 0) is 4.79 Å². The summed E-state index contributed by atoms with van der Waals surface area (Å²) in [7, 11) is 3.06. The number of methoxy groups -OCH3 is 2. The number of ketones is 1. The van der Waals surface area contributed by atoms with E-state index in [1.807, 2.05) is 18.2 Å². The van der Waals surface area contributed by atoms with Crippen LogP contribution in [0.5, 0.6) is 11.5 Å². The Morgan fingerprint density at radius 2 is 1.28 bits per heavy atom. The summed E-state index contributed by atoms with van der Waals surface area (Å²) in [6.45, 7) is 0. The van der Waals surface area contributed by atoms with Gasteiger partial charge in [-0.25, -0.2) is 4.79 Å². The summed E-state index contributed by atoms with van der Waals surface area (Å²) >= 11 is 0. The Kier molecular flexibility index (Phi) is 6.09. The van der Waals surface area contributed by atoms with Gasteiger partial charge >= 0.3 is 5.97 Å². The largest absolute Gasteiger partial charge is 0.493 e. The molecule has 29 heavy (non-hydrogen) atoms. The van der Waals surface area contributed by atoms with Gasteiger partial charge < -0.3 is 14.6 Å². The SMILES string of the molecule is COc1ccc(C(=CC(=O)O)c2ccc(C(=O)c3ccccc3)cc2)cc1OC. The van der Waals surface area contributed by atoms with E-state index >= 15 is 0 Å². The Labute approximate surface area is 168 Å². The summed E-state index contributed by atoms with van der Waals surface area (Å²) in [6, 6.07) is 21.1. The van der Waals surface area contributed by atoms with E-state index in [4.69, 9.17) is 9.47 Å². The van der Waals surface area contributed by atoms with E-state index in [0.29, 0.717) is 39.3 Å². The molecular weight excluding hydrogens is 368 g/mol. The van der Waals surface area contributed by atoms with Gasteiger partial charge in [0.2, 0.25) is 0 Å². The molecule has 0 saturated carbocycles. The maximum Gasteiger partial charge on any atom is 0.328 e. The fraction of sp³-hybridized carbons (Fsp3) is 0.0833. The lowest BCUT2D eigenvalue weighted by Gasteiger charge is -2.13. The summed E-state index contributed by atoms with van der Waals surface area (Å²) in [5.41, 5.74) is 2.96. The third-order valence-electron chi connectivity index (χ3n) is 4.46. The van der Waals surface area contributed by atoms with Gasteiger partial charge in [-0.15, -0.1) is 0 Å². The second-order valence-electron chi connectivity index (χ2n) is 6.24. The average molecular weight is 388 g/mol. The number of hydrogen-bond donors (Lipinski definition) is 1. The minimum atomic E-state index is -1.07. The molecule has 0 saturated heterocycles. The zero-order valence-corrected chi connectivity index (χ0v) is 16.1. The van der Waals surface area contributed by atoms with Crippen LogP contribution in [0.1, 0.15) is 27.0 Å². The van der Waals surface area contributed by atoms with Crippen LogP contribution in [-0.4, -0.2) is 31.1 Å². The summed E-state index contributed by atoms with van der Waals surface area (Å²) in [5, 5.41) is 9.34. The van der Waals surface area contributed by atoms with Gasteiger partial charge in [0.25, 0.3) is 0 Å². The Morgan fingerprint density at radius 3 is 1.86 bits per heavy atom. The van der Waals surface area contributed by atoms with E-state index in [2.05, 4.69) is 0 Å². The van der Waals surface area contributed by atoms with Crippen LogP contribution in [0.2, 0.25) is 0 Å². The number of benzene rings is 3. The van der Waals surface area contributed by atoms with Crippen molar-refractivity contribution in [2.45, 2.75) is 0 Å². The number of carboxylic acids is 1. The highest BCUT2D eigenvalue weighted by atomic mass is 16.5. The molecule has 3 rings (SSSR count). The van der Waals surface area contributed by atoms with Crippen molar-refractivity contribution >= 4 is 17.3 Å². The van der Waals surface area contributed by atoms with E-state index in [9.17, 15) is 14.7 Å². The van der Waals surface area contributed by atoms with Crippen molar-refractivity contribution in [3.63, 3.8) is 0 Å². The summed E-state index contributed by atoms with van der Waals surface area (Å²) in [4.78, 5) is 24.0. The van der Waals surface area contributed by atoms with Crippen LogP contribution in [0.3, 0.4) is 0 Å². The van der Waals surface area contributed by atoms with Gasteiger partial charge in [0.1, 0.15) is 0 Å². The van der Waals surface area contributed by atoms with Crippen LogP contribution >= 0.6 is 0 Å². The standard InChI is InChI=1S/C24H20O5/c1-28-21-13-12-19(14-22(21)29-2)20(15-23(25)26)16-8-10-18(11-9-16)24(27)17-6-4-3-5-7-17/h3-15H,1-2H3,(H,25,26). The lowest BCUT2D eigenvalue weighted by atomic mass is 9.94. The Morgan fingerprint density at radius 1 is 0.724 bits per heavy atom. The van der Waals surface area contributed by atoms with Gasteiger partial charge in [-0.2, -0.15) is 0 Å². The third kappa shape index (κ3) is 4.52. The Hall–Kier alpha value is -3.86. The molecule has 0 heterocycles. The first-order chi connectivity index (χ1) is 14.0. The van der Waals surface area contributed by atoms with Crippen LogP contribution in [0.25, 0.3) is 5.57 Å². The maximum absolute atomic E-state index is 12.6. The molecule has 0 aliphatic carbocycles. The van der Waals surface area contributed by atoms with Crippen molar-refractivity contribution in [1.29, 1.82) is 0 Å². The number of rotatable bonds is 7. The Bertz CT molecular complexity index is 1050. The first-order valence-electron chi connectivity index (χ1n) is 8.90. The van der Waals surface area contributed by atoms with Gasteiger partial charge in [0.05, 0.1) is 14.2 Å². The molecular formula is C24H20O5. The van der Waals surface area contributed by atoms with Crippen molar-refractivity contribution in [3.8, 4) is 11.5 Å². The topological polar surface area (TPSA) is 72.8 Å². The summed E-state index contributed by atoms with van der Waals surface area (Å²) < 4.78 is 10.6. The number of ether oxygens (including phenoxy) is 2. The number of aliphatic carboxylic acids is 1. The van der Waals surface area contributed by atoms with Crippen molar-refractivity contribution in [1.82, 2.24) is 0 Å². The molecule has 3 aromatic rings. The zero-order valence-electron chi connectivity index (χ0n) is 16.1. The first kappa shape index (κ1) is 19.9. The summed E-state index contributed by atoms with van der Waals surface area (Å²) in [5.74, 6) is -0.113. The molecule has 0 spiro atoms. The van der Waals surface area contributed by atoms with Gasteiger partial charge in [0, 0.05) is 17.2 Å². The molecule has 0 atom stereocenters. The quantitative estimate of drug-likeness (QED) is 0.478. The lowest BCUT2D eigenvalue weighted by Crippen LogP contribution is -2.01. The molecule has 5 nitrogen and oxygen atoms in total. The Balaban J connectivity index is 1.99. The van der Waals surface area contributed by atoms with Gasteiger partial charge in [-0.3, -0.25) is 4.79 Å². The normalized spacial score (nSPS) is 11.0. The molecule has 0 unspecified atom stereocenters. The monoisotopic (exact) mass is 388 g/mol. The molecule has 3 aromatic carbocycles. The third-order valence-corrected chi connectivity index (χ3v) is 4.46. The number of carbonyl (C=O) groups excluding carboxylic acids is 1. The highest BCUT2D eigenvalue weighted by molar-refractivity contribution is 6.09. The van der Waals surface area contributed by atoms with Crippen LogP contribution in [0.15, 0.2) is 78.9 Å². The van der Waals surface area contributed by atoms with Crippen LogP contribution in [0.4, 0.5) is 0 Å². The highest BCUT2D eigenvalue weighted by Crippen LogP contribution is 2.33. The fourth-order valence-electron chi connectivity index (χ4n) is 3.02. The van der Waals surface area contributed by atoms with E-state index < -0.39 is 5.97 Å². The minimum Gasteiger partial charge on any atom is -0.493 e. The molecule has 0 aliphatic heterocycles. The average Bonchev–Trinajstić information content (AvgIpc) is 2.77. The lowest BCUT2D eigenvalue weighted by molar-refractivity contribution is -0.131. The molecule has 146 valence electrons. The molecule has 0 bridgehead atoms. The number of hydrogen-bond acceptors (Lipinski definition) is 4. The van der Waals surface area contributed by atoms with Crippen LogP contribution in [0, 0.1) is 0 Å². The minimum absolute atomic E-state index is 0.0907. The smallest absolute Gasteiger partial charge is 0.328 e. The predicted octanol–water partition coefficient (Wildman–Crippen LogP) is 4.45. The molecule has 0 radical (unpaired) electrons. The van der Waals surface area contributed by atoms with E-state index in [-0.39, 0.29) is 5.78 Å². The van der Waals surface area contributed by atoms with E-state index in [1.165, 1.54) is 14.2 Å². The molecule has 0 amide bonds. The highest BCUT2D eigenvalue weighted by Gasteiger charge is 2.13. The number of carbonyl (C=O) groups is 2. The van der Waals surface area contributed by atoms with Gasteiger partial charge in [-0.05, 0) is 28.8 Å². The molecule has 0 aromatic heterocycles. The second kappa shape index (κ2) is 8.89. The zero-order chi connectivity index (χ0) is 20.8. The van der Waals surface area contributed by atoms with E-state index in [0.717, 1.165) is 6.08 Å². The van der Waals surface area contributed by atoms with Gasteiger partial charge in [0.15, 0.2) is 17.3 Å². The second-order valence-corrected chi connectivity index (χ2v) is 6.24. The predicted molar refractivity (Wildman–Crippen MR) is 111 cm³/mol. The van der Waals surface area contributed by atoms with Crippen molar-refractivity contribution in [2.24, 2.45) is 0 Å².